The molecule has 0 aliphatic heterocycles. The molecule has 1 aliphatic carbocycles. The fourth-order valence-corrected chi connectivity index (χ4v) is 3.40. The van der Waals surface area contributed by atoms with Crippen molar-refractivity contribution in [3.63, 3.8) is 0 Å². The Kier molecular flexibility index (Phi) is 5.65. The van der Waals surface area contributed by atoms with Gasteiger partial charge in [0, 0.05) is 23.1 Å². The van der Waals surface area contributed by atoms with Gasteiger partial charge < -0.3 is 19.2 Å². The number of esters is 1. The Hall–Kier alpha value is -2.54. The van der Waals surface area contributed by atoms with E-state index in [0.29, 0.717) is 29.0 Å². The van der Waals surface area contributed by atoms with Gasteiger partial charge in [-0.1, -0.05) is 11.6 Å². The second-order valence-corrected chi connectivity index (χ2v) is 7.48. The van der Waals surface area contributed by atoms with Crippen LogP contribution >= 0.6 is 11.6 Å². The number of aryl methyl sites for hydroxylation is 1. The van der Waals surface area contributed by atoms with E-state index in [0.717, 1.165) is 10.9 Å². The molecular formula is C20H22ClNO6. The summed E-state index contributed by atoms with van der Waals surface area (Å²) >= 11 is 6.30. The number of hydrogen-bond acceptors (Lipinski definition) is 6. The summed E-state index contributed by atoms with van der Waals surface area (Å²) in [6, 6.07) is 3.10. The highest BCUT2D eigenvalue weighted by atomic mass is 35.5. The van der Waals surface area contributed by atoms with Crippen molar-refractivity contribution >= 4 is 34.4 Å². The van der Waals surface area contributed by atoms with Crippen LogP contribution in [0.5, 0.6) is 5.75 Å². The molecule has 0 radical (unpaired) electrons. The number of carbonyl (C=O) groups is 2. The number of nitrogens with one attached hydrogen (secondary N) is 1. The van der Waals surface area contributed by atoms with Gasteiger partial charge in [-0.05, 0) is 45.2 Å². The Labute approximate surface area is 166 Å². The minimum absolute atomic E-state index is 0.0848. The molecule has 1 amide bonds. The molecule has 1 aromatic heterocycles. The Morgan fingerprint density at radius 1 is 1.25 bits per heavy atom. The van der Waals surface area contributed by atoms with E-state index in [2.05, 4.69) is 10.1 Å². The van der Waals surface area contributed by atoms with Crippen LogP contribution in [0.2, 0.25) is 5.02 Å². The lowest BCUT2D eigenvalue weighted by Crippen LogP contribution is -2.50. The minimum Gasteiger partial charge on any atom is -0.479 e. The summed E-state index contributed by atoms with van der Waals surface area (Å²) in [5, 5.41) is 3.87. The average molecular weight is 408 g/mol. The van der Waals surface area contributed by atoms with E-state index < -0.39 is 11.7 Å². The highest BCUT2D eigenvalue weighted by molar-refractivity contribution is 6.32. The van der Waals surface area contributed by atoms with Crippen molar-refractivity contribution < 1.29 is 23.5 Å². The first-order valence-corrected chi connectivity index (χ1v) is 9.37. The van der Waals surface area contributed by atoms with Crippen molar-refractivity contribution in [2.24, 2.45) is 5.92 Å². The first-order chi connectivity index (χ1) is 13.2. The van der Waals surface area contributed by atoms with Crippen LogP contribution in [0.3, 0.4) is 0 Å². The number of carbonyl (C=O) groups excluding carboxylic acids is 2. The second kappa shape index (κ2) is 7.83. The standard InChI is InChI=1S/C20H22ClNO6/c1-9-10(2)19(24)28-16-8-17(15(21)7-14(9)16)27-11(3)18(23)22-13-5-12(6-13)20(25)26-4/h7-8,11-13H,5-6H2,1-4H3,(H,22,23). The fourth-order valence-electron chi connectivity index (χ4n) is 3.19. The Balaban J connectivity index is 1.69. The van der Waals surface area contributed by atoms with E-state index in [1.165, 1.54) is 13.2 Å². The van der Waals surface area contributed by atoms with Crippen LogP contribution in [0.15, 0.2) is 21.3 Å². The van der Waals surface area contributed by atoms with Gasteiger partial charge >= 0.3 is 11.6 Å². The zero-order chi connectivity index (χ0) is 20.6. The number of hydrogen-bond donors (Lipinski definition) is 1. The lowest BCUT2D eigenvalue weighted by atomic mass is 9.80. The first kappa shape index (κ1) is 20.2. The van der Waals surface area contributed by atoms with Crippen molar-refractivity contribution in [3.05, 3.63) is 38.7 Å². The second-order valence-electron chi connectivity index (χ2n) is 7.08. The van der Waals surface area contributed by atoms with Crippen molar-refractivity contribution in [1.82, 2.24) is 5.32 Å². The summed E-state index contributed by atoms with van der Waals surface area (Å²) in [6.45, 7) is 5.11. The molecule has 2 aromatic rings. The van der Waals surface area contributed by atoms with Gasteiger partial charge in [0.05, 0.1) is 18.1 Å². The van der Waals surface area contributed by atoms with E-state index in [-0.39, 0.29) is 29.6 Å². The summed E-state index contributed by atoms with van der Waals surface area (Å²) in [5.41, 5.74) is 1.24. The Morgan fingerprint density at radius 2 is 1.93 bits per heavy atom. The number of halogens is 1. The number of benzene rings is 1. The van der Waals surface area contributed by atoms with E-state index >= 15 is 0 Å². The van der Waals surface area contributed by atoms with Crippen molar-refractivity contribution in [3.8, 4) is 5.75 Å². The number of methoxy groups -OCH3 is 1. The smallest absolute Gasteiger partial charge is 0.339 e. The SMILES string of the molecule is COC(=O)C1CC(NC(=O)C(C)Oc2cc3oc(=O)c(C)c(C)c3cc2Cl)C1. The molecule has 0 spiro atoms. The molecule has 1 atom stereocenters. The Morgan fingerprint density at radius 3 is 2.57 bits per heavy atom. The largest absolute Gasteiger partial charge is 0.479 e. The maximum atomic E-state index is 12.4. The molecule has 1 saturated carbocycles. The van der Waals surface area contributed by atoms with Gasteiger partial charge in [-0.25, -0.2) is 4.79 Å². The van der Waals surface area contributed by atoms with Crippen LogP contribution < -0.4 is 15.7 Å². The Bertz CT molecular complexity index is 992. The molecule has 150 valence electrons. The third-order valence-electron chi connectivity index (χ3n) is 5.20. The number of amides is 1. The van der Waals surface area contributed by atoms with Gasteiger partial charge in [0.25, 0.3) is 5.91 Å². The molecular weight excluding hydrogens is 386 g/mol. The molecule has 3 rings (SSSR count). The van der Waals surface area contributed by atoms with E-state index in [9.17, 15) is 14.4 Å². The van der Waals surface area contributed by atoms with Crippen LogP contribution in [0.1, 0.15) is 30.9 Å². The third kappa shape index (κ3) is 3.85. The molecule has 0 bridgehead atoms. The molecule has 1 N–H and O–H groups in total. The lowest BCUT2D eigenvalue weighted by Gasteiger charge is -2.34. The van der Waals surface area contributed by atoms with Crippen molar-refractivity contribution in [2.45, 2.75) is 45.8 Å². The molecule has 1 aromatic carbocycles. The van der Waals surface area contributed by atoms with E-state index in [1.807, 2.05) is 6.92 Å². The van der Waals surface area contributed by atoms with Crippen LogP contribution in [0.25, 0.3) is 11.0 Å². The topological polar surface area (TPSA) is 94.8 Å². The summed E-state index contributed by atoms with van der Waals surface area (Å²) in [5.74, 6) is -0.490. The van der Waals surface area contributed by atoms with Gasteiger partial charge in [0.2, 0.25) is 0 Å². The quantitative estimate of drug-likeness (QED) is 0.605. The van der Waals surface area contributed by atoms with E-state index in [1.54, 1.807) is 19.9 Å². The summed E-state index contributed by atoms with van der Waals surface area (Å²) < 4.78 is 15.7. The first-order valence-electron chi connectivity index (χ1n) is 8.99. The third-order valence-corrected chi connectivity index (χ3v) is 5.50. The number of fused-ring (bicyclic) bond motifs is 1. The maximum absolute atomic E-state index is 12.4. The summed E-state index contributed by atoms with van der Waals surface area (Å²) in [7, 11) is 1.35. The summed E-state index contributed by atoms with van der Waals surface area (Å²) in [4.78, 5) is 35.7. The predicted octanol–water partition coefficient (Wildman–Crippen LogP) is 2.90. The van der Waals surface area contributed by atoms with Gasteiger partial charge in [-0.15, -0.1) is 0 Å². The van der Waals surface area contributed by atoms with Crippen LogP contribution in [0.4, 0.5) is 0 Å². The maximum Gasteiger partial charge on any atom is 0.339 e. The zero-order valence-electron chi connectivity index (χ0n) is 16.1. The van der Waals surface area contributed by atoms with Gasteiger partial charge in [-0.3, -0.25) is 9.59 Å². The highest BCUT2D eigenvalue weighted by Crippen LogP contribution is 2.33. The van der Waals surface area contributed by atoms with Crippen molar-refractivity contribution in [1.29, 1.82) is 0 Å². The lowest BCUT2D eigenvalue weighted by molar-refractivity contribution is -0.150. The van der Waals surface area contributed by atoms with Crippen LogP contribution in [0, 0.1) is 19.8 Å². The molecule has 28 heavy (non-hydrogen) atoms. The van der Waals surface area contributed by atoms with Gasteiger partial charge in [0.1, 0.15) is 11.3 Å². The molecule has 1 aliphatic rings. The van der Waals surface area contributed by atoms with E-state index in [4.69, 9.17) is 20.8 Å². The number of rotatable bonds is 5. The van der Waals surface area contributed by atoms with Crippen LogP contribution in [-0.2, 0) is 14.3 Å². The van der Waals surface area contributed by atoms with Gasteiger partial charge in [0.15, 0.2) is 6.10 Å². The molecule has 1 fully saturated rings. The zero-order valence-corrected chi connectivity index (χ0v) is 16.9. The van der Waals surface area contributed by atoms with Gasteiger partial charge in [-0.2, -0.15) is 0 Å². The minimum atomic E-state index is -0.814. The number of ether oxygens (including phenoxy) is 2. The van der Waals surface area contributed by atoms with Crippen molar-refractivity contribution in [2.75, 3.05) is 7.11 Å². The summed E-state index contributed by atoms with van der Waals surface area (Å²) in [6.07, 6.45) is 0.280. The monoisotopic (exact) mass is 407 g/mol. The molecule has 7 nitrogen and oxygen atoms in total. The molecule has 1 unspecified atom stereocenters. The fraction of sp³-hybridized carbons (Fsp3) is 0.450. The van der Waals surface area contributed by atoms with Crippen LogP contribution in [-0.4, -0.2) is 31.1 Å². The molecule has 0 saturated heterocycles. The highest BCUT2D eigenvalue weighted by Gasteiger charge is 2.36. The molecule has 8 heteroatoms. The average Bonchev–Trinajstić information content (AvgIpc) is 2.63. The molecule has 1 heterocycles. The normalized spacial score (nSPS) is 19.6. The predicted molar refractivity (Wildman–Crippen MR) is 104 cm³/mol.